The molecule has 1 saturated heterocycles. The van der Waals surface area contributed by atoms with Crippen LogP contribution in [0.1, 0.15) is 23.2 Å². The van der Waals surface area contributed by atoms with E-state index in [9.17, 15) is 13.2 Å². The van der Waals surface area contributed by atoms with Gasteiger partial charge < -0.3 is 10.2 Å². The summed E-state index contributed by atoms with van der Waals surface area (Å²) >= 11 is 0. The molecule has 7 heteroatoms. The minimum absolute atomic E-state index is 0.263. The van der Waals surface area contributed by atoms with E-state index in [1.165, 1.54) is 11.4 Å². The first-order chi connectivity index (χ1) is 15.3. The number of carbonyl (C=O) groups is 1. The third kappa shape index (κ3) is 4.62. The van der Waals surface area contributed by atoms with Crippen molar-refractivity contribution in [3.8, 4) is 11.1 Å². The highest BCUT2D eigenvalue weighted by Crippen LogP contribution is 2.33. The zero-order chi connectivity index (χ0) is 22.7. The topological polar surface area (TPSA) is 69.7 Å². The van der Waals surface area contributed by atoms with Gasteiger partial charge in [0.15, 0.2) is 0 Å². The summed E-state index contributed by atoms with van der Waals surface area (Å²) in [7, 11) is -2.02. The number of carbonyl (C=O) groups excluding carboxylic acids is 1. The largest absolute Gasteiger partial charge is 0.371 e. The van der Waals surface area contributed by atoms with Crippen molar-refractivity contribution < 1.29 is 13.2 Å². The second-order valence-corrected chi connectivity index (χ2v) is 10.0. The fourth-order valence-corrected chi connectivity index (χ4v) is 4.51. The van der Waals surface area contributed by atoms with Crippen LogP contribution in [0.3, 0.4) is 0 Å². The van der Waals surface area contributed by atoms with Crippen LogP contribution in [0.4, 0.5) is 17.1 Å². The lowest BCUT2D eigenvalue weighted by molar-refractivity contribution is 0.102. The highest BCUT2D eigenvalue weighted by atomic mass is 32.2. The van der Waals surface area contributed by atoms with Crippen molar-refractivity contribution in [1.82, 2.24) is 0 Å². The number of hydrogen-bond donors (Lipinski definition) is 1. The SMILES string of the molecule is CN(c1ccc(-c2ccccc2)cc1NC(=O)c1ccccc1N1CCCC1)S(C)(=O)=O. The number of amides is 1. The van der Waals surface area contributed by atoms with Crippen molar-refractivity contribution in [3.05, 3.63) is 78.4 Å². The van der Waals surface area contributed by atoms with E-state index in [4.69, 9.17) is 0 Å². The molecule has 1 fully saturated rings. The van der Waals surface area contributed by atoms with E-state index in [0.29, 0.717) is 16.9 Å². The van der Waals surface area contributed by atoms with Gasteiger partial charge in [-0.2, -0.15) is 0 Å². The summed E-state index contributed by atoms with van der Waals surface area (Å²) in [5.74, 6) is -0.263. The second kappa shape index (κ2) is 9.04. The van der Waals surface area contributed by atoms with Gasteiger partial charge in [-0.3, -0.25) is 9.10 Å². The number of benzene rings is 3. The van der Waals surface area contributed by atoms with E-state index in [-0.39, 0.29) is 5.91 Å². The van der Waals surface area contributed by atoms with Gasteiger partial charge in [0.2, 0.25) is 10.0 Å². The van der Waals surface area contributed by atoms with E-state index in [2.05, 4.69) is 10.2 Å². The molecule has 0 unspecified atom stereocenters. The molecule has 1 heterocycles. The molecule has 0 aromatic heterocycles. The van der Waals surface area contributed by atoms with E-state index in [1.807, 2.05) is 66.7 Å². The lowest BCUT2D eigenvalue weighted by Gasteiger charge is -2.23. The van der Waals surface area contributed by atoms with E-state index < -0.39 is 10.0 Å². The number of para-hydroxylation sites is 1. The Morgan fingerprint density at radius 1 is 0.906 bits per heavy atom. The van der Waals surface area contributed by atoms with Crippen molar-refractivity contribution in [2.24, 2.45) is 0 Å². The lowest BCUT2D eigenvalue weighted by atomic mass is 10.0. The summed E-state index contributed by atoms with van der Waals surface area (Å²) in [6.45, 7) is 1.85. The van der Waals surface area contributed by atoms with E-state index in [0.717, 1.165) is 49.0 Å². The van der Waals surface area contributed by atoms with E-state index in [1.54, 1.807) is 6.07 Å². The second-order valence-electron chi connectivity index (χ2n) is 7.99. The van der Waals surface area contributed by atoms with Crippen molar-refractivity contribution in [2.75, 3.05) is 40.9 Å². The van der Waals surface area contributed by atoms with Crippen molar-refractivity contribution in [3.63, 3.8) is 0 Å². The van der Waals surface area contributed by atoms with Gasteiger partial charge in [0, 0.05) is 25.8 Å². The standard InChI is InChI=1S/C25H27N3O3S/c1-27(32(2,30)31)24-15-14-20(19-10-4-3-5-11-19)18-22(24)26-25(29)21-12-6-7-13-23(21)28-16-8-9-17-28/h3-7,10-15,18H,8-9,16-17H2,1-2H3,(H,26,29). The van der Waals surface area contributed by atoms with Crippen LogP contribution in [0, 0.1) is 0 Å². The van der Waals surface area contributed by atoms with Crippen molar-refractivity contribution in [2.45, 2.75) is 12.8 Å². The minimum Gasteiger partial charge on any atom is -0.371 e. The third-order valence-corrected chi connectivity index (χ3v) is 6.98. The number of hydrogen-bond acceptors (Lipinski definition) is 4. The lowest BCUT2D eigenvalue weighted by Crippen LogP contribution is -2.27. The summed E-state index contributed by atoms with van der Waals surface area (Å²) in [5.41, 5.74) is 4.21. The molecule has 0 saturated carbocycles. The molecule has 1 N–H and O–H groups in total. The van der Waals surface area contributed by atoms with Crippen LogP contribution < -0.4 is 14.5 Å². The Balaban J connectivity index is 1.74. The highest BCUT2D eigenvalue weighted by Gasteiger charge is 2.22. The third-order valence-electron chi connectivity index (χ3n) is 5.78. The van der Waals surface area contributed by atoms with Gasteiger partial charge in [0.1, 0.15) is 0 Å². The Morgan fingerprint density at radius 2 is 1.56 bits per heavy atom. The van der Waals surface area contributed by atoms with Gasteiger partial charge in [-0.15, -0.1) is 0 Å². The first kappa shape index (κ1) is 21.9. The monoisotopic (exact) mass is 449 g/mol. The Labute approximate surface area is 189 Å². The zero-order valence-corrected chi connectivity index (χ0v) is 19.1. The fraction of sp³-hybridized carbons (Fsp3) is 0.240. The number of sulfonamides is 1. The summed E-state index contributed by atoms with van der Waals surface area (Å²) in [6.07, 6.45) is 3.36. The number of nitrogens with zero attached hydrogens (tertiary/aromatic N) is 2. The summed E-state index contributed by atoms with van der Waals surface area (Å²) in [4.78, 5) is 15.6. The maximum atomic E-state index is 13.4. The zero-order valence-electron chi connectivity index (χ0n) is 18.3. The molecule has 0 bridgehead atoms. The van der Waals surface area contributed by atoms with Crippen LogP contribution in [-0.4, -0.2) is 40.7 Å². The quantitative estimate of drug-likeness (QED) is 0.597. The van der Waals surface area contributed by atoms with Crippen LogP contribution >= 0.6 is 0 Å². The molecule has 1 aliphatic heterocycles. The predicted molar refractivity (Wildman–Crippen MR) is 131 cm³/mol. The molecule has 0 atom stereocenters. The molecular formula is C25H27N3O3S. The molecule has 1 amide bonds. The molecule has 0 aliphatic carbocycles. The Bertz CT molecular complexity index is 1220. The minimum atomic E-state index is -3.50. The van der Waals surface area contributed by atoms with Crippen molar-refractivity contribution in [1.29, 1.82) is 0 Å². The van der Waals surface area contributed by atoms with Gasteiger partial charge in [0.05, 0.1) is 23.2 Å². The number of nitrogens with one attached hydrogen (secondary N) is 1. The Kier molecular flexibility index (Phi) is 6.19. The smallest absolute Gasteiger partial charge is 0.257 e. The molecule has 0 spiro atoms. The highest BCUT2D eigenvalue weighted by molar-refractivity contribution is 7.92. The predicted octanol–water partition coefficient (Wildman–Crippen LogP) is 4.60. The number of rotatable bonds is 6. The molecular weight excluding hydrogens is 422 g/mol. The normalized spacial score (nSPS) is 13.8. The van der Waals surface area contributed by atoms with Gasteiger partial charge in [-0.1, -0.05) is 48.5 Å². The maximum absolute atomic E-state index is 13.4. The molecule has 32 heavy (non-hydrogen) atoms. The van der Waals surface area contributed by atoms with Crippen molar-refractivity contribution >= 4 is 33.0 Å². The average molecular weight is 450 g/mol. The molecule has 4 rings (SSSR count). The molecule has 0 radical (unpaired) electrons. The van der Waals surface area contributed by atoms with Crippen LogP contribution in [0.2, 0.25) is 0 Å². The van der Waals surface area contributed by atoms with Gasteiger partial charge in [0.25, 0.3) is 5.91 Å². The first-order valence-electron chi connectivity index (χ1n) is 10.6. The van der Waals surface area contributed by atoms with Gasteiger partial charge >= 0.3 is 0 Å². The van der Waals surface area contributed by atoms with Crippen LogP contribution in [-0.2, 0) is 10.0 Å². The maximum Gasteiger partial charge on any atom is 0.257 e. The van der Waals surface area contributed by atoms with Crippen LogP contribution in [0.5, 0.6) is 0 Å². The van der Waals surface area contributed by atoms with Gasteiger partial charge in [-0.05, 0) is 48.2 Å². The molecule has 1 aliphatic rings. The van der Waals surface area contributed by atoms with Gasteiger partial charge in [-0.25, -0.2) is 8.42 Å². The Hall–Kier alpha value is -3.32. The van der Waals surface area contributed by atoms with Crippen LogP contribution in [0.15, 0.2) is 72.8 Å². The van der Waals surface area contributed by atoms with Crippen LogP contribution in [0.25, 0.3) is 11.1 Å². The molecule has 6 nitrogen and oxygen atoms in total. The average Bonchev–Trinajstić information content (AvgIpc) is 3.33. The fourth-order valence-electron chi connectivity index (χ4n) is 3.99. The molecule has 166 valence electrons. The molecule has 3 aromatic carbocycles. The summed E-state index contributed by atoms with van der Waals surface area (Å²) in [6, 6.07) is 22.7. The molecule has 3 aromatic rings. The first-order valence-corrected chi connectivity index (χ1v) is 12.5. The Morgan fingerprint density at radius 3 is 2.25 bits per heavy atom. The summed E-state index contributed by atoms with van der Waals surface area (Å²) < 4.78 is 25.6. The number of anilines is 3. The van der Waals surface area contributed by atoms with E-state index >= 15 is 0 Å². The summed E-state index contributed by atoms with van der Waals surface area (Å²) in [5, 5.41) is 2.98.